The van der Waals surface area contributed by atoms with Gasteiger partial charge in [0.25, 0.3) is 0 Å². The summed E-state index contributed by atoms with van der Waals surface area (Å²) in [6.07, 6.45) is 0.272. The van der Waals surface area contributed by atoms with E-state index >= 15 is 0 Å². The molecule has 130 valence electrons. The molecule has 0 unspecified atom stereocenters. The number of para-hydroxylation sites is 1. The summed E-state index contributed by atoms with van der Waals surface area (Å²) in [5, 5.41) is 0.410. The Morgan fingerprint density at radius 2 is 1.27 bits per heavy atom. The van der Waals surface area contributed by atoms with E-state index in [1.165, 1.54) is 0 Å². The van der Waals surface area contributed by atoms with Crippen LogP contribution in [0.5, 0.6) is 11.5 Å². The van der Waals surface area contributed by atoms with Crippen molar-refractivity contribution >= 4 is 23.2 Å². The Balaban J connectivity index is 1.58. The maximum absolute atomic E-state index is 12.3. The van der Waals surface area contributed by atoms with E-state index in [0.717, 1.165) is 5.75 Å². The minimum Gasteiger partial charge on any atom is -0.457 e. The molecule has 0 amide bonds. The number of ketones is 2. The Kier molecular flexibility index (Phi) is 5.82. The van der Waals surface area contributed by atoms with Gasteiger partial charge in [-0.25, -0.2) is 0 Å². The number of carbonyl (C=O) groups is 2. The molecule has 0 radical (unpaired) electrons. The first-order valence-corrected chi connectivity index (χ1v) is 8.65. The highest BCUT2D eigenvalue weighted by atomic mass is 35.5. The summed E-state index contributed by atoms with van der Waals surface area (Å²) in [5.74, 6) is 1.17. The normalized spacial score (nSPS) is 10.3. The van der Waals surface area contributed by atoms with Crippen LogP contribution in [0, 0.1) is 0 Å². The van der Waals surface area contributed by atoms with Crippen molar-refractivity contribution in [3.8, 4) is 11.5 Å². The van der Waals surface area contributed by atoms with Crippen LogP contribution in [0.4, 0.5) is 0 Å². The van der Waals surface area contributed by atoms with Gasteiger partial charge in [-0.15, -0.1) is 0 Å². The predicted molar refractivity (Wildman–Crippen MR) is 102 cm³/mol. The summed E-state index contributed by atoms with van der Waals surface area (Å²) >= 11 is 6.02. The van der Waals surface area contributed by atoms with E-state index in [-0.39, 0.29) is 24.4 Å². The lowest BCUT2D eigenvalue weighted by Crippen LogP contribution is -2.05. The number of ether oxygens (including phenoxy) is 1. The Morgan fingerprint density at radius 1 is 0.692 bits per heavy atom. The number of hydrogen-bond acceptors (Lipinski definition) is 3. The Morgan fingerprint density at radius 3 is 1.96 bits per heavy atom. The second kappa shape index (κ2) is 8.45. The zero-order chi connectivity index (χ0) is 18.4. The van der Waals surface area contributed by atoms with Gasteiger partial charge in [0.15, 0.2) is 11.6 Å². The molecular formula is C22H17ClO3. The molecule has 0 aromatic heterocycles. The molecule has 0 aliphatic rings. The SMILES string of the molecule is O=C(CCC(=O)c1ccccc1Cl)c1ccc(Oc2ccccc2)cc1. The van der Waals surface area contributed by atoms with E-state index in [4.69, 9.17) is 16.3 Å². The van der Waals surface area contributed by atoms with Crippen LogP contribution in [0.1, 0.15) is 33.6 Å². The molecule has 0 atom stereocenters. The molecule has 3 aromatic carbocycles. The average molecular weight is 365 g/mol. The van der Waals surface area contributed by atoms with Crippen molar-refractivity contribution in [1.29, 1.82) is 0 Å². The van der Waals surface area contributed by atoms with Gasteiger partial charge < -0.3 is 4.74 Å². The van der Waals surface area contributed by atoms with Crippen LogP contribution in [0.2, 0.25) is 5.02 Å². The van der Waals surface area contributed by atoms with Crippen molar-refractivity contribution in [1.82, 2.24) is 0 Å². The molecule has 4 heteroatoms. The fourth-order valence-electron chi connectivity index (χ4n) is 2.53. The van der Waals surface area contributed by atoms with Gasteiger partial charge in [0.1, 0.15) is 11.5 Å². The zero-order valence-corrected chi connectivity index (χ0v) is 14.8. The number of hydrogen-bond donors (Lipinski definition) is 0. The standard InChI is InChI=1S/C22H17ClO3/c23-20-9-5-4-8-19(20)22(25)15-14-21(24)16-10-12-18(13-11-16)26-17-6-2-1-3-7-17/h1-13H,14-15H2. The largest absolute Gasteiger partial charge is 0.457 e. The number of carbonyl (C=O) groups excluding carboxylic acids is 2. The quantitative estimate of drug-likeness (QED) is 0.484. The van der Waals surface area contributed by atoms with Crippen LogP contribution in [0.25, 0.3) is 0 Å². The lowest BCUT2D eigenvalue weighted by Gasteiger charge is -2.07. The molecular weight excluding hydrogens is 348 g/mol. The van der Waals surface area contributed by atoms with E-state index < -0.39 is 0 Å². The number of halogens is 1. The lowest BCUT2D eigenvalue weighted by atomic mass is 10.0. The number of rotatable bonds is 7. The average Bonchev–Trinajstić information content (AvgIpc) is 2.67. The predicted octanol–water partition coefficient (Wildman–Crippen LogP) is 5.98. The van der Waals surface area contributed by atoms with Gasteiger partial charge in [0.2, 0.25) is 0 Å². The molecule has 0 saturated heterocycles. The van der Waals surface area contributed by atoms with Crippen molar-refractivity contribution in [3.05, 3.63) is 95.0 Å². The molecule has 0 bridgehead atoms. The lowest BCUT2D eigenvalue weighted by molar-refractivity contribution is 0.0917. The minimum absolute atomic E-state index is 0.0864. The number of benzene rings is 3. The van der Waals surface area contributed by atoms with Crippen LogP contribution in [-0.2, 0) is 0 Å². The molecule has 3 aromatic rings. The first-order valence-electron chi connectivity index (χ1n) is 8.27. The molecule has 0 heterocycles. The third kappa shape index (κ3) is 4.58. The first-order chi connectivity index (χ1) is 12.6. The van der Waals surface area contributed by atoms with Gasteiger partial charge >= 0.3 is 0 Å². The van der Waals surface area contributed by atoms with E-state index in [1.807, 2.05) is 30.3 Å². The fraction of sp³-hybridized carbons (Fsp3) is 0.0909. The maximum atomic E-state index is 12.3. The van der Waals surface area contributed by atoms with E-state index in [0.29, 0.717) is 21.9 Å². The van der Waals surface area contributed by atoms with E-state index in [1.54, 1.807) is 48.5 Å². The van der Waals surface area contributed by atoms with Gasteiger partial charge in [0.05, 0.1) is 5.02 Å². The molecule has 3 nitrogen and oxygen atoms in total. The molecule has 0 N–H and O–H groups in total. The van der Waals surface area contributed by atoms with Crippen LogP contribution in [0.3, 0.4) is 0 Å². The highest BCUT2D eigenvalue weighted by Gasteiger charge is 2.13. The highest BCUT2D eigenvalue weighted by Crippen LogP contribution is 2.22. The topological polar surface area (TPSA) is 43.4 Å². The molecule has 0 fully saturated rings. The van der Waals surface area contributed by atoms with Crippen molar-refractivity contribution in [2.45, 2.75) is 12.8 Å². The smallest absolute Gasteiger partial charge is 0.164 e. The molecule has 3 rings (SSSR count). The Labute approximate surface area is 157 Å². The van der Waals surface area contributed by atoms with Crippen LogP contribution >= 0.6 is 11.6 Å². The Hall–Kier alpha value is -2.91. The fourth-order valence-corrected chi connectivity index (χ4v) is 2.77. The second-order valence-electron chi connectivity index (χ2n) is 5.77. The minimum atomic E-state index is -0.131. The van der Waals surface area contributed by atoms with Crippen molar-refractivity contribution in [2.75, 3.05) is 0 Å². The highest BCUT2D eigenvalue weighted by molar-refractivity contribution is 6.34. The summed E-state index contributed by atoms with van der Waals surface area (Å²) < 4.78 is 5.70. The summed E-state index contributed by atoms with van der Waals surface area (Å²) in [4.78, 5) is 24.5. The summed E-state index contributed by atoms with van der Waals surface area (Å²) in [5.41, 5.74) is 1.01. The van der Waals surface area contributed by atoms with Crippen LogP contribution in [-0.4, -0.2) is 11.6 Å². The summed E-state index contributed by atoms with van der Waals surface area (Å²) in [7, 11) is 0. The van der Waals surface area contributed by atoms with Gasteiger partial charge in [0, 0.05) is 24.0 Å². The van der Waals surface area contributed by atoms with Gasteiger partial charge in [-0.3, -0.25) is 9.59 Å². The van der Waals surface area contributed by atoms with Gasteiger partial charge in [-0.1, -0.05) is 41.9 Å². The van der Waals surface area contributed by atoms with E-state index in [2.05, 4.69) is 0 Å². The van der Waals surface area contributed by atoms with Gasteiger partial charge in [-0.2, -0.15) is 0 Å². The molecule has 26 heavy (non-hydrogen) atoms. The first kappa shape index (κ1) is 17.9. The third-order valence-electron chi connectivity index (χ3n) is 3.91. The Bertz CT molecular complexity index is 902. The van der Waals surface area contributed by atoms with E-state index in [9.17, 15) is 9.59 Å². The molecule has 0 aliphatic carbocycles. The monoisotopic (exact) mass is 364 g/mol. The molecule has 0 spiro atoms. The molecule has 0 aliphatic heterocycles. The van der Waals surface area contributed by atoms with Gasteiger partial charge in [-0.05, 0) is 48.5 Å². The summed E-state index contributed by atoms with van der Waals surface area (Å²) in [6.45, 7) is 0. The van der Waals surface area contributed by atoms with Crippen LogP contribution in [0.15, 0.2) is 78.9 Å². The second-order valence-corrected chi connectivity index (χ2v) is 6.17. The number of Topliss-reactive ketones (excluding diaryl/α,β-unsaturated/α-hetero) is 2. The molecule has 0 saturated carbocycles. The maximum Gasteiger partial charge on any atom is 0.164 e. The third-order valence-corrected chi connectivity index (χ3v) is 4.24. The van der Waals surface area contributed by atoms with Crippen molar-refractivity contribution < 1.29 is 14.3 Å². The van der Waals surface area contributed by atoms with Crippen molar-refractivity contribution in [2.24, 2.45) is 0 Å². The zero-order valence-electron chi connectivity index (χ0n) is 14.0. The summed E-state index contributed by atoms with van der Waals surface area (Å²) in [6, 6.07) is 23.2. The van der Waals surface area contributed by atoms with Crippen LogP contribution < -0.4 is 4.74 Å². The van der Waals surface area contributed by atoms with Crippen molar-refractivity contribution in [3.63, 3.8) is 0 Å².